The van der Waals surface area contributed by atoms with Gasteiger partial charge in [-0.2, -0.15) is 0 Å². The number of nitrogens with zero attached hydrogens (tertiary/aromatic N) is 1. The van der Waals surface area contributed by atoms with Crippen LogP contribution in [0.25, 0.3) is 6.08 Å². The normalized spacial score (nSPS) is 21.6. The van der Waals surface area contributed by atoms with Crippen molar-refractivity contribution in [2.45, 2.75) is 44.2 Å². The van der Waals surface area contributed by atoms with Crippen molar-refractivity contribution < 1.29 is 24.2 Å². The number of amides is 1. The van der Waals surface area contributed by atoms with E-state index < -0.39 is 35.8 Å². The van der Waals surface area contributed by atoms with Gasteiger partial charge in [0.2, 0.25) is 5.91 Å². The van der Waals surface area contributed by atoms with E-state index in [9.17, 15) is 19.5 Å². The highest BCUT2D eigenvalue weighted by Gasteiger charge is 2.56. The van der Waals surface area contributed by atoms with Crippen molar-refractivity contribution in [1.82, 2.24) is 4.90 Å². The van der Waals surface area contributed by atoms with Crippen molar-refractivity contribution in [1.29, 1.82) is 0 Å². The zero-order valence-electron chi connectivity index (χ0n) is 22.0. The van der Waals surface area contributed by atoms with E-state index >= 15 is 0 Å². The van der Waals surface area contributed by atoms with Gasteiger partial charge in [-0.3, -0.25) is 9.59 Å². The zero-order chi connectivity index (χ0) is 27.4. The van der Waals surface area contributed by atoms with Gasteiger partial charge in [-0.25, -0.2) is 4.79 Å². The molecule has 7 heteroatoms. The van der Waals surface area contributed by atoms with Gasteiger partial charge in [0, 0.05) is 13.0 Å². The Kier molecular flexibility index (Phi) is 8.29. The van der Waals surface area contributed by atoms with Crippen LogP contribution in [0.3, 0.4) is 0 Å². The summed E-state index contributed by atoms with van der Waals surface area (Å²) in [5.41, 5.74) is 2.61. The van der Waals surface area contributed by atoms with Gasteiger partial charge < -0.3 is 14.7 Å². The van der Waals surface area contributed by atoms with E-state index in [1.165, 1.54) is 23.3 Å². The lowest BCUT2D eigenvalue weighted by Crippen LogP contribution is -2.47. The van der Waals surface area contributed by atoms with Gasteiger partial charge >= 0.3 is 5.97 Å². The lowest BCUT2D eigenvalue weighted by Gasteiger charge is -2.28. The van der Waals surface area contributed by atoms with Crippen LogP contribution in [0.5, 0.6) is 0 Å². The second kappa shape index (κ2) is 11.5. The van der Waals surface area contributed by atoms with Crippen LogP contribution in [-0.2, 0) is 19.7 Å². The second-order valence-corrected chi connectivity index (χ2v) is 11.5. The number of carbonyl (C=O) groups is 3. The molecule has 6 nitrogen and oxygen atoms in total. The molecule has 1 saturated heterocycles. The van der Waals surface area contributed by atoms with E-state index in [0.29, 0.717) is 10.4 Å². The largest absolute Gasteiger partial charge is 0.480 e. The maximum absolute atomic E-state index is 14.0. The average Bonchev–Trinajstić information content (AvgIpc) is 3.54. The molecule has 0 aliphatic carbocycles. The number of carboxylic acids is 1. The van der Waals surface area contributed by atoms with Crippen molar-refractivity contribution in [2.75, 3.05) is 13.7 Å². The molecule has 4 rings (SSSR count). The Morgan fingerprint density at radius 2 is 1.68 bits per heavy atom. The third kappa shape index (κ3) is 5.64. The Hall–Kier alpha value is -3.55. The number of hydrogen-bond donors (Lipinski definition) is 1. The number of aliphatic carboxylic acids is 1. The molecule has 0 saturated carbocycles. The van der Waals surface area contributed by atoms with E-state index in [1.807, 2.05) is 66.1 Å². The monoisotopic (exact) mass is 531 g/mol. The number of likely N-dealkylation sites (tertiary alicyclic amines) is 1. The van der Waals surface area contributed by atoms with E-state index in [2.05, 4.69) is 20.8 Å². The summed E-state index contributed by atoms with van der Waals surface area (Å²) in [5.74, 6) is -3.34. The average molecular weight is 532 g/mol. The summed E-state index contributed by atoms with van der Waals surface area (Å²) in [6.45, 7) is 6.04. The Balaban J connectivity index is 1.90. The van der Waals surface area contributed by atoms with E-state index in [4.69, 9.17) is 4.74 Å². The summed E-state index contributed by atoms with van der Waals surface area (Å²) in [6.07, 6.45) is 3.63. The summed E-state index contributed by atoms with van der Waals surface area (Å²) in [6, 6.07) is 18.8. The molecular formula is C31H33NO5S. The lowest BCUT2D eigenvalue weighted by atomic mass is 9.77. The molecule has 0 spiro atoms. The zero-order valence-corrected chi connectivity index (χ0v) is 22.9. The lowest BCUT2D eigenvalue weighted by molar-refractivity contribution is -0.151. The minimum absolute atomic E-state index is 0.0893. The van der Waals surface area contributed by atoms with Crippen LogP contribution in [-0.4, -0.2) is 53.5 Å². The second-order valence-electron chi connectivity index (χ2n) is 10.5. The number of benzene rings is 2. The number of carboxylic acid groups (broad SMARTS) is 1. The van der Waals surface area contributed by atoms with Crippen LogP contribution < -0.4 is 0 Å². The molecule has 4 atom stereocenters. The maximum atomic E-state index is 14.0. The minimum atomic E-state index is -1.24. The number of Topliss-reactive ketones (excluding diaryl/α,β-unsaturated/α-hetero) is 1. The predicted octanol–water partition coefficient (Wildman–Crippen LogP) is 5.65. The van der Waals surface area contributed by atoms with Crippen molar-refractivity contribution in [3.05, 3.63) is 99.8 Å². The highest BCUT2D eigenvalue weighted by molar-refractivity contribution is 7.12. The topological polar surface area (TPSA) is 83.9 Å². The first-order valence-corrected chi connectivity index (χ1v) is 13.5. The fourth-order valence-electron chi connectivity index (χ4n) is 5.21. The molecule has 1 aromatic heterocycles. The molecule has 4 unspecified atom stereocenters. The van der Waals surface area contributed by atoms with Crippen LogP contribution in [0.15, 0.2) is 78.2 Å². The summed E-state index contributed by atoms with van der Waals surface area (Å²) >= 11 is 1.32. The number of ether oxygens (including phenoxy) is 1. The molecule has 1 fully saturated rings. The van der Waals surface area contributed by atoms with Crippen molar-refractivity contribution >= 4 is 35.1 Å². The van der Waals surface area contributed by atoms with Crippen LogP contribution in [0.1, 0.15) is 53.1 Å². The Morgan fingerprint density at radius 1 is 1.00 bits per heavy atom. The Morgan fingerprint density at radius 3 is 2.24 bits per heavy atom. The number of hydrogen-bond acceptors (Lipinski definition) is 5. The smallest absolute Gasteiger partial charge is 0.327 e. The molecule has 3 aromatic rings. The van der Waals surface area contributed by atoms with Gasteiger partial charge in [0.15, 0.2) is 5.78 Å². The summed E-state index contributed by atoms with van der Waals surface area (Å²) in [7, 11) is 1.40. The van der Waals surface area contributed by atoms with Gasteiger partial charge in [0.05, 0.1) is 16.8 Å². The molecule has 1 N–H and O–H groups in total. The molecule has 1 amide bonds. The van der Waals surface area contributed by atoms with E-state index in [0.717, 1.165) is 11.1 Å². The van der Waals surface area contributed by atoms with Crippen molar-refractivity contribution in [2.24, 2.45) is 5.92 Å². The fourth-order valence-corrected chi connectivity index (χ4v) is 5.93. The summed E-state index contributed by atoms with van der Waals surface area (Å²) < 4.78 is 5.13. The third-order valence-electron chi connectivity index (χ3n) is 7.04. The van der Waals surface area contributed by atoms with Crippen LogP contribution >= 0.6 is 11.3 Å². The molecule has 0 radical (unpaired) electrons. The number of ketones is 1. The summed E-state index contributed by atoms with van der Waals surface area (Å²) in [5, 5.41) is 12.3. The van der Waals surface area contributed by atoms with Crippen molar-refractivity contribution in [3.63, 3.8) is 0 Å². The van der Waals surface area contributed by atoms with Crippen LogP contribution in [0.4, 0.5) is 0 Å². The molecular weight excluding hydrogens is 498 g/mol. The number of methoxy groups -OCH3 is 1. The molecule has 38 heavy (non-hydrogen) atoms. The van der Waals surface area contributed by atoms with Crippen LogP contribution in [0.2, 0.25) is 0 Å². The van der Waals surface area contributed by atoms with Gasteiger partial charge in [-0.15, -0.1) is 11.3 Å². The third-order valence-corrected chi connectivity index (χ3v) is 7.92. The van der Waals surface area contributed by atoms with E-state index in [-0.39, 0.29) is 17.8 Å². The number of thiophene rings is 1. The first-order chi connectivity index (χ1) is 18.1. The molecule has 1 aliphatic rings. The maximum Gasteiger partial charge on any atom is 0.327 e. The number of rotatable bonds is 8. The molecule has 0 bridgehead atoms. The van der Waals surface area contributed by atoms with Crippen molar-refractivity contribution in [3.8, 4) is 0 Å². The Bertz CT molecular complexity index is 1290. The first kappa shape index (κ1) is 27.5. The summed E-state index contributed by atoms with van der Waals surface area (Å²) in [4.78, 5) is 42.2. The number of carbonyl (C=O) groups excluding carboxylic acids is 2. The highest BCUT2D eigenvalue weighted by Crippen LogP contribution is 2.46. The molecule has 2 heterocycles. The van der Waals surface area contributed by atoms with Gasteiger partial charge in [-0.1, -0.05) is 93.6 Å². The molecule has 1 aliphatic heterocycles. The highest BCUT2D eigenvalue weighted by atomic mass is 32.1. The fraction of sp³-hybridized carbons (Fsp3) is 0.323. The van der Waals surface area contributed by atoms with Gasteiger partial charge in [0.1, 0.15) is 12.6 Å². The van der Waals surface area contributed by atoms with Gasteiger partial charge in [-0.05, 0) is 33.6 Å². The van der Waals surface area contributed by atoms with E-state index in [1.54, 1.807) is 18.2 Å². The minimum Gasteiger partial charge on any atom is -0.480 e. The van der Waals surface area contributed by atoms with Crippen LogP contribution in [0, 0.1) is 5.92 Å². The standard InChI is InChI=1S/C31H33NO5S/c1-31(2,3)22-15-13-21(14-16-22)26-27(29(34)24-11-8-18-38-24)23(17-12-20-9-6-5-7-10-20)32(25(33)19-37-4)28(26)30(35)36/h5-18,23,26-28H,19H2,1-4H3,(H,35,36). The predicted molar refractivity (Wildman–Crippen MR) is 149 cm³/mol. The molecule has 198 valence electrons. The SMILES string of the molecule is COCC(=O)N1C(C=Cc2ccccc2)C(C(=O)c2cccs2)C(c2ccc(C(C)(C)C)cc2)C1C(=O)O. The first-order valence-electron chi connectivity index (χ1n) is 12.6. The Labute approximate surface area is 227 Å². The molecule has 2 aromatic carbocycles. The van der Waals surface area contributed by atoms with Gasteiger partial charge in [0.25, 0.3) is 0 Å². The quantitative estimate of drug-likeness (QED) is 0.380.